The number of allylic oxidation sites excluding steroid dienone is 4. The quantitative estimate of drug-likeness (QED) is 0.454. The van der Waals surface area contributed by atoms with Crippen molar-refractivity contribution in [2.24, 2.45) is 0 Å². The van der Waals surface area contributed by atoms with E-state index in [1.807, 2.05) is 0 Å². The average Bonchev–Trinajstić information content (AvgIpc) is 2.71. The number of para-hydroxylation sites is 1. The second kappa shape index (κ2) is 7.99. The highest BCUT2D eigenvalue weighted by molar-refractivity contribution is 6.23. The maximum absolute atomic E-state index is 11.9. The minimum Gasteiger partial charge on any atom is -0.507 e. The average molecular weight is 422 g/mol. The van der Waals surface area contributed by atoms with Gasteiger partial charge >= 0.3 is 17.9 Å². The van der Waals surface area contributed by atoms with E-state index in [9.17, 15) is 44.7 Å². The van der Waals surface area contributed by atoms with Gasteiger partial charge in [-0.05, 0) is 47.1 Å². The number of carbonyl (C=O) groups is 4. The Kier molecular flexibility index (Phi) is 5.43. The minimum atomic E-state index is -1.49. The lowest BCUT2D eigenvalue weighted by atomic mass is 9.87. The molecule has 31 heavy (non-hydrogen) atoms. The smallest absolute Gasteiger partial charge is 0.339 e. The van der Waals surface area contributed by atoms with Crippen LogP contribution in [0.5, 0.6) is 11.5 Å². The van der Waals surface area contributed by atoms with Gasteiger partial charge in [0.25, 0.3) is 0 Å². The number of carboxylic acid groups (broad SMARTS) is 3. The molecule has 0 heterocycles. The van der Waals surface area contributed by atoms with Gasteiger partial charge in [-0.15, -0.1) is 0 Å². The molecule has 0 saturated carbocycles. The molecule has 1 aliphatic carbocycles. The van der Waals surface area contributed by atoms with E-state index in [0.717, 1.165) is 30.4 Å². The van der Waals surface area contributed by atoms with Crippen molar-refractivity contribution in [1.29, 1.82) is 0 Å². The standard InChI is InChI=1S/C22H14O9/c23-16-6-4-10(8-14(16)21(28)29)18(11-5-7-17(24)15(9-11)22(30)31)12-2-1-3-13(19(12)25)20(26)27/h1-9,23,25H,(H,26,27)(H,28,29)(H,30,31). The third-order valence-corrected chi connectivity index (χ3v) is 4.55. The van der Waals surface area contributed by atoms with Crippen molar-refractivity contribution in [2.45, 2.75) is 0 Å². The van der Waals surface area contributed by atoms with E-state index in [1.54, 1.807) is 0 Å². The number of carboxylic acids is 3. The molecule has 3 rings (SSSR count). The van der Waals surface area contributed by atoms with Crippen LogP contribution in [0.4, 0.5) is 0 Å². The Labute approximate surface area is 174 Å². The molecular weight excluding hydrogens is 408 g/mol. The molecule has 9 nitrogen and oxygen atoms in total. The molecule has 0 aromatic heterocycles. The van der Waals surface area contributed by atoms with Gasteiger partial charge < -0.3 is 25.5 Å². The van der Waals surface area contributed by atoms with Gasteiger partial charge in [0, 0.05) is 5.56 Å². The third kappa shape index (κ3) is 3.92. The molecule has 5 N–H and O–H groups in total. The van der Waals surface area contributed by atoms with Gasteiger partial charge in [-0.2, -0.15) is 0 Å². The molecule has 156 valence electrons. The van der Waals surface area contributed by atoms with Crippen LogP contribution in [0, 0.1) is 0 Å². The van der Waals surface area contributed by atoms with Crippen LogP contribution < -0.4 is 0 Å². The molecule has 0 aliphatic heterocycles. The van der Waals surface area contributed by atoms with Gasteiger partial charge in [0.1, 0.15) is 28.2 Å². The zero-order valence-electron chi connectivity index (χ0n) is 15.6. The Morgan fingerprint density at radius 3 is 2.00 bits per heavy atom. The summed E-state index contributed by atoms with van der Waals surface area (Å²) in [6, 6.07) is 7.35. The summed E-state index contributed by atoms with van der Waals surface area (Å²) in [6.07, 6.45) is 3.31. The number of hydrogen-bond acceptors (Lipinski definition) is 6. The summed E-state index contributed by atoms with van der Waals surface area (Å²) in [5.74, 6) is -6.29. The van der Waals surface area contributed by atoms with Crippen LogP contribution in [0.3, 0.4) is 0 Å². The van der Waals surface area contributed by atoms with Crippen molar-refractivity contribution in [1.82, 2.24) is 0 Å². The summed E-state index contributed by atoms with van der Waals surface area (Å²) < 4.78 is 0. The lowest BCUT2D eigenvalue weighted by Crippen LogP contribution is -2.13. The summed E-state index contributed by atoms with van der Waals surface area (Å²) in [6.45, 7) is 0. The number of aromatic hydroxyl groups is 2. The zero-order valence-corrected chi connectivity index (χ0v) is 15.6. The molecule has 0 radical (unpaired) electrons. The summed E-state index contributed by atoms with van der Waals surface area (Å²) in [5, 5.41) is 48.3. The maximum Gasteiger partial charge on any atom is 0.339 e. The van der Waals surface area contributed by atoms with Crippen molar-refractivity contribution in [3.05, 3.63) is 88.0 Å². The summed E-state index contributed by atoms with van der Waals surface area (Å²) >= 11 is 0. The first-order valence-corrected chi connectivity index (χ1v) is 8.65. The van der Waals surface area contributed by atoms with Crippen molar-refractivity contribution in [3.63, 3.8) is 0 Å². The van der Waals surface area contributed by atoms with E-state index in [0.29, 0.717) is 0 Å². The van der Waals surface area contributed by atoms with Crippen LogP contribution in [0.2, 0.25) is 0 Å². The SMILES string of the molecule is O=C(O)C1=CC(=C(c2ccc(O)c(C(=O)O)c2)c2cccc(C(=O)O)c2O)C=CC1=O. The Balaban J connectivity index is 2.41. The lowest BCUT2D eigenvalue weighted by molar-refractivity contribution is -0.134. The highest BCUT2D eigenvalue weighted by Crippen LogP contribution is 2.38. The van der Waals surface area contributed by atoms with Crippen LogP contribution in [-0.2, 0) is 9.59 Å². The second-order valence-electron chi connectivity index (χ2n) is 6.44. The molecule has 2 aromatic rings. The van der Waals surface area contributed by atoms with Gasteiger partial charge in [-0.3, -0.25) is 4.79 Å². The van der Waals surface area contributed by atoms with E-state index >= 15 is 0 Å². The maximum atomic E-state index is 11.9. The van der Waals surface area contributed by atoms with Crippen molar-refractivity contribution in [3.8, 4) is 11.5 Å². The number of benzene rings is 2. The van der Waals surface area contributed by atoms with Gasteiger partial charge in [0.15, 0.2) is 5.78 Å². The number of aliphatic carboxylic acids is 1. The summed E-state index contributed by atoms with van der Waals surface area (Å²) in [7, 11) is 0. The van der Waals surface area contributed by atoms with Crippen molar-refractivity contribution in [2.75, 3.05) is 0 Å². The summed E-state index contributed by atoms with van der Waals surface area (Å²) in [5.41, 5.74) is -1.22. The van der Waals surface area contributed by atoms with Gasteiger partial charge in [-0.25, -0.2) is 14.4 Å². The third-order valence-electron chi connectivity index (χ3n) is 4.55. The molecule has 2 aromatic carbocycles. The van der Waals surface area contributed by atoms with Crippen LogP contribution in [0.25, 0.3) is 5.57 Å². The summed E-state index contributed by atoms with van der Waals surface area (Å²) in [4.78, 5) is 46.2. The highest BCUT2D eigenvalue weighted by Gasteiger charge is 2.24. The molecule has 0 saturated heterocycles. The number of aromatic carboxylic acids is 2. The molecule has 0 atom stereocenters. The molecule has 9 heteroatoms. The number of phenols is 2. The van der Waals surface area contributed by atoms with Crippen molar-refractivity contribution >= 4 is 29.3 Å². The first kappa shape index (κ1) is 21.1. The fraction of sp³-hybridized carbons (Fsp3) is 0. The zero-order chi connectivity index (χ0) is 22.9. The van der Waals surface area contributed by atoms with Crippen LogP contribution >= 0.6 is 0 Å². The number of hydrogen-bond donors (Lipinski definition) is 5. The van der Waals surface area contributed by atoms with E-state index in [4.69, 9.17) is 0 Å². The molecule has 0 unspecified atom stereocenters. The van der Waals surface area contributed by atoms with E-state index in [1.165, 1.54) is 24.3 Å². The molecule has 0 spiro atoms. The van der Waals surface area contributed by atoms with Crippen LogP contribution in [0.15, 0.2) is 65.8 Å². The van der Waals surface area contributed by atoms with E-state index in [2.05, 4.69) is 0 Å². The second-order valence-corrected chi connectivity index (χ2v) is 6.44. The first-order chi connectivity index (χ1) is 14.6. The van der Waals surface area contributed by atoms with E-state index in [-0.39, 0.29) is 22.3 Å². The van der Waals surface area contributed by atoms with Crippen LogP contribution in [-0.4, -0.2) is 49.2 Å². The Bertz CT molecular complexity index is 1250. The molecule has 0 amide bonds. The molecule has 0 bridgehead atoms. The first-order valence-electron chi connectivity index (χ1n) is 8.65. The normalized spacial score (nSPS) is 14.7. The number of rotatable bonds is 5. The lowest BCUT2D eigenvalue weighted by Gasteiger charge is -2.17. The predicted octanol–water partition coefficient (Wildman–Crippen LogP) is 2.45. The highest BCUT2D eigenvalue weighted by atomic mass is 16.4. The Hall–Kier alpha value is -4.66. The minimum absolute atomic E-state index is 0.0445. The van der Waals surface area contributed by atoms with Gasteiger partial charge in [0.2, 0.25) is 0 Å². The Morgan fingerprint density at radius 1 is 0.742 bits per heavy atom. The topological polar surface area (TPSA) is 169 Å². The number of ketones is 1. The predicted molar refractivity (Wildman–Crippen MR) is 106 cm³/mol. The van der Waals surface area contributed by atoms with Gasteiger partial charge in [-0.1, -0.05) is 24.3 Å². The molecule has 1 aliphatic rings. The molecule has 0 fully saturated rings. The fourth-order valence-corrected chi connectivity index (χ4v) is 3.11. The fourth-order valence-electron chi connectivity index (χ4n) is 3.11. The number of carbonyl (C=O) groups excluding carboxylic acids is 1. The van der Waals surface area contributed by atoms with E-state index < -0.39 is 51.9 Å². The largest absolute Gasteiger partial charge is 0.507 e. The Morgan fingerprint density at radius 2 is 1.39 bits per heavy atom. The molecular formula is C22H14O9. The van der Waals surface area contributed by atoms with Crippen molar-refractivity contribution < 1.29 is 44.7 Å². The van der Waals surface area contributed by atoms with Gasteiger partial charge in [0.05, 0.1) is 0 Å². The monoisotopic (exact) mass is 422 g/mol. The van der Waals surface area contributed by atoms with Crippen LogP contribution in [0.1, 0.15) is 31.8 Å².